The minimum atomic E-state index is -0.334. The van der Waals surface area contributed by atoms with E-state index in [1.807, 2.05) is 6.92 Å². The van der Waals surface area contributed by atoms with Crippen LogP contribution < -0.4 is 5.32 Å². The zero-order valence-electron chi connectivity index (χ0n) is 11.1. The second-order valence-electron chi connectivity index (χ2n) is 6.14. The van der Waals surface area contributed by atoms with Gasteiger partial charge in [-0.05, 0) is 26.2 Å². The Morgan fingerprint density at radius 3 is 2.89 bits per heavy atom. The summed E-state index contributed by atoms with van der Waals surface area (Å²) >= 11 is 1.71. The normalized spacial score (nSPS) is 35.4. The lowest BCUT2D eigenvalue weighted by molar-refractivity contribution is -0.138. The highest BCUT2D eigenvalue weighted by Crippen LogP contribution is 2.47. The maximum Gasteiger partial charge on any atom is 0.243 e. The van der Waals surface area contributed by atoms with Crippen molar-refractivity contribution >= 4 is 23.6 Å². The van der Waals surface area contributed by atoms with Crippen molar-refractivity contribution in [3.05, 3.63) is 0 Å². The van der Waals surface area contributed by atoms with Crippen LogP contribution in [0.25, 0.3) is 0 Å². The van der Waals surface area contributed by atoms with Crippen LogP contribution in [0.5, 0.6) is 0 Å². The first-order valence-corrected chi connectivity index (χ1v) is 7.83. The lowest BCUT2D eigenvalue weighted by atomic mass is 10.1. The van der Waals surface area contributed by atoms with Gasteiger partial charge in [0.2, 0.25) is 11.8 Å². The molecule has 0 aromatic carbocycles. The van der Waals surface area contributed by atoms with Gasteiger partial charge in [0.25, 0.3) is 0 Å². The fourth-order valence-corrected chi connectivity index (χ4v) is 4.41. The van der Waals surface area contributed by atoms with E-state index in [-0.39, 0.29) is 34.7 Å². The minimum Gasteiger partial charge on any atom is -0.396 e. The Morgan fingerprint density at radius 1 is 1.53 bits per heavy atom. The molecule has 0 aromatic heterocycles. The van der Waals surface area contributed by atoms with Crippen molar-refractivity contribution in [3.8, 4) is 0 Å². The van der Waals surface area contributed by atoms with Crippen LogP contribution in [0.2, 0.25) is 0 Å². The van der Waals surface area contributed by atoms with Gasteiger partial charge in [0.1, 0.15) is 6.04 Å². The third kappa shape index (κ3) is 2.14. The number of aliphatic hydroxyl groups is 1. The summed E-state index contributed by atoms with van der Waals surface area (Å²) in [5.41, 5.74) is -0.0836. The molecular weight excluding hydrogens is 264 g/mol. The molecule has 2 saturated heterocycles. The fraction of sp³-hybridized carbons (Fsp3) is 0.846. The third-order valence-corrected chi connectivity index (χ3v) is 6.18. The second kappa shape index (κ2) is 4.38. The molecule has 0 spiro atoms. The number of hydrogen-bond acceptors (Lipinski definition) is 4. The summed E-state index contributed by atoms with van der Waals surface area (Å²) in [6.07, 6.45) is 3.34. The van der Waals surface area contributed by atoms with E-state index in [4.69, 9.17) is 0 Å². The lowest BCUT2D eigenvalue weighted by Gasteiger charge is -2.30. The maximum absolute atomic E-state index is 12.3. The van der Waals surface area contributed by atoms with Crippen molar-refractivity contribution in [2.45, 2.75) is 43.5 Å². The zero-order valence-corrected chi connectivity index (χ0v) is 12.0. The van der Waals surface area contributed by atoms with Gasteiger partial charge >= 0.3 is 0 Å². The van der Waals surface area contributed by atoms with Crippen molar-refractivity contribution < 1.29 is 14.7 Å². The molecule has 2 aliphatic heterocycles. The zero-order chi connectivity index (χ0) is 13.7. The molecule has 0 aromatic rings. The van der Waals surface area contributed by atoms with Crippen molar-refractivity contribution in [3.63, 3.8) is 0 Å². The fourth-order valence-electron chi connectivity index (χ4n) is 2.97. The van der Waals surface area contributed by atoms with Crippen LogP contribution in [0.1, 0.15) is 32.6 Å². The SMILES string of the molecule is CC12CCC(=O)N1C(C(=O)NCC1(CO)CC1)CS2. The molecule has 0 radical (unpaired) electrons. The van der Waals surface area contributed by atoms with Crippen molar-refractivity contribution in [1.29, 1.82) is 0 Å². The average molecular weight is 284 g/mol. The molecule has 2 amide bonds. The molecule has 5 nitrogen and oxygen atoms in total. The van der Waals surface area contributed by atoms with Gasteiger partial charge in [-0.3, -0.25) is 9.59 Å². The largest absolute Gasteiger partial charge is 0.396 e. The monoisotopic (exact) mass is 284 g/mol. The predicted molar refractivity (Wildman–Crippen MR) is 72.5 cm³/mol. The Hall–Kier alpha value is -0.750. The second-order valence-corrected chi connectivity index (χ2v) is 7.64. The first kappa shape index (κ1) is 13.2. The Bertz CT molecular complexity index is 424. The molecule has 2 N–H and O–H groups in total. The van der Waals surface area contributed by atoms with Gasteiger partial charge in [0.15, 0.2) is 0 Å². The van der Waals surface area contributed by atoms with E-state index >= 15 is 0 Å². The van der Waals surface area contributed by atoms with Gasteiger partial charge in [-0.15, -0.1) is 11.8 Å². The Kier molecular flexibility index (Phi) is 3.05. The van der Waals surface area contributed by atoms with E-state index in [2.05, 4.69) is 5.32 Å². The van der Waals surface area contributed by atoms with Gasteiger partial charge in [-0.25, -0.2) is 0 Å². The topological polar surface area (TPSA) is 69.6 Å². The number of rotatable bonds is 4. The third-order valence-electron chi connectivity index (χ3n) is 4.68. The smallest absolute Gasteiger partial charge is 0.243 e. The molecule has 19 heavy (non-hydrogen) atoms. The summed E-state index contributed by atoms with van der Waals surface area (Å²) < 4.78 is 0. The number of amides is 2. The Labute approximate surface area is 117 Å². The summed E-state index contributed by atoms with van der Waals surface area (Å²) in [5.74, 6) is 0.711. The van der Waals surface area contributed by atoms with Gasteiger partial charge < -0.3 is 15.3 Å². The number of nitrogens with one attached hydrogen (secondary N) is 1. The number of aliphatic hydroxyl groups excluding tert-OH is 1. The van der Waals surface area contributed by atoms with Gasteiger partial charge in [0, 0.05) is 24.1 Å². The molecule has 3 rings (SSSR count). The molecule has 3 fully saturated rings. The molecule has 1 saturated carbocycles. The van der Waals surface area contributed by atoms with Crippen molar-refractivity contribution in [2.24, 2.45) is 5.41 Å². The molecule has 3 aliphatic rings. The predicted octanol–water partition coefficient (Wildman–Crippen LogP) is 0.329. The van der Waals surface area contributed by atoms with Crippen molar-refractivity contribution in [2.75, 3.05) is 18.9 Å². The van der Waals surface area contributed by atoms with Crippen LogP contribution in [0.3, 0.4) is 0 Å². The number of carbonyl (C=O) groups excluding carboxylic acids is 2. The Morgan fingerprint density at radius 2 is 2.26 bits per heavy atom. The number of nitrogens with zero attached hydrogens (tertiary/aromatic N) is 1. The van der Waals surface area contributed by atoms with E-state index in [9.17, 15) is 14.7 Å². The molecule has 6 heteroatoms. The van der Waals surface area contributed by atoms with Gasteiger partial charge in [-0.2, -0.15) is 0 Å². The highest BCUT2D eigenvalue weighted by Gasteiger charge is 2.53. The maximum atomic E-state index is 12.3. The van der Waals surface area contributed by atoms with Gasteiger partial charge in [-0.1, -0.05) is 0 Å². The van der Waals surface area contributed by atoms with Crippen LogP contribution in [-0.4, -0.2) is 51.6 Å². The molecule has 2 heterocycles. The highest BCUT2D eigenvalue weighted by atomic mass is 32.2. The van der Waals surface area contributed by atoms with Crippen molar-refractivity contribution in [1.82, 2.24) is 10.2 Å². The minimum absolute atomic E-state index is 0.0637. The lowest BCUT2D eigenvalue weighted by Crippen LogP contribution is -2.51. The molecule has 2 atom stereocenters. The summed E-state index contributed by atoms with van der Waals surface area (Å²) in [5, 5.41) is 12.2. The first-order valence-electron chi connectivity index (χ1n) is 6.84. The number of thioether (sulfide) groups is 1. The molecular formula is C13H20N2O3S. The first-order chi connectivity index (χ1) is 9.00. The van der Waals surface area contributed by atoms with E-state index < -0.39 is 0 Å². The average Bonchev–Trinajstić information content (AvgIpc) is 3.02. The summed E-state index contributed by atoms with van der Waals surface area (Å²) in [6, 6.07) is -0.334. The Balaban J connectivity index is 1.63. The van der Waals surface area contributed by atoms with Crippen LogP contribution in [0.15, 0.2) is 0 Å². The van der Waals surface area contributed by atoms with E-state index in [0.29, 0.717) is 18.7 Å². The van der Waals surface area contributed by atoms with E-state index in [0.717, 1.165) is 19.3 Å². The standard InChI is InChI=1S/C13H20N2O3S/c1-12-3-2-10(17)15(12)9(6-19-12)11(18)14-7-13(8-16)4-5-13/h9,16H,2-8H2,1H3,(H,14,18). The molecule has 1 aliphatic carbocycles. The van der Waals surface area contributed by atoms with E-state index in [1.54, 1.807) is 16.7 Å². The van der Waals surface area contributed by atoms with E-state index in [1.165, 1.54) is 0 Å². The number of carbonyl (C=O) groups is 2. The van der Waals surface area contributed by atoms with Crippen LogP contribution in [0.4, 0.5) is 0 Å². The highest BCUT2D eigenvalue weighted by molar-refractivity contribution is 8.01. The summed E-state index contributed by atoms with van der Waals surface area (Å²) in [4.78, 5) is 25.8. The quantitative estimate of drug-likeness (QED) is 0.780. The number of fused-ring (bicyclic) bond motifs is 1. The summed E-state index contributed by atoms with van der Waals surface area (Å²) in [6.45, 7) is 2.71. The van der Waals surface area contributed by atoms with Crippen LogP contribution in [-0.2, 0) is 9.59 Å². The van der Waals surface area contributed by atoms with Crippen LogP contribution >= 0.6 is 11.8 Å². The van der Waals surface area contributed by atoms with Crippen LogP contribution in [0, 0.1) is 5.41 Å². The van der Waals surface area contributed by atoms with Gasteiger partial charge in [0.05, 0.1) is 11.5 Å². The molecule has 106 valence electrons. The summed E-state index contributed by atoms with van der Waals surface area (Å²) in [7, 11) is 0. The number of hydrogen-bond donors (Lipinski definition) is 2. The molecule has 2 unspecified atom stereocenters. The molecule has 0 bridgehead atoms.